The maximum atomic E-state index is 12.2. The van der Waals surface area contributed by atoms with Crippen molar-refractivity contribution in [3.63, 3.8) is 0 Å². The van der Waals surface area contributed by atoms with E-state index in [0.717, 1.165) is 23.5 Å². The predicted octanol–water partition coefficient (Wildman–Crippen LogP) is 3.93. The first-order valence-electron chi connectivity index (χ1n) is 7.01. The number of nitrogens with zero attached hydrogens (tertiary/aromatic N) is 1. The number of amides is 2. The summed E-state index contributed by atoms with van der Waals surface area (Å²) in [6, 6.07) is 7.30. The lowest BCUT2D eigenvalue weighted by Crippen LogP contribution is -2.37. The van der Waals surface area contributed by atoms with E-state index in [1.54, 1.807) is 13.0 Å². The zero-order valence-corrected chi connectivity index (χ0v) is 13.6. The van der Waals surface area contributed by atoms with Crippen LogP contribution in [0.5, 0.6) is 0 Å². The van der Waals surface area contributed by atoms with E-state index in [0.29, 0.717) is 22.2 Å². The minimum absolute atomic E-state index is 0.217. The van der Waals surface area contributed by atoms with Crippen molar-refractivity contribution in [1.82, 2.24) is 10.5 Å². The van der Waals surface area contributed by atoms with Crippen LogP contribution in [0.3, 0.4) is 0 Å². The normalized spacial score (nSPS) is 17.5. The molecule has 2 aromatic rings. The number of aromatic nitrogens is 1. The molecule has 1 unspecified atom stereocenters. The van der Waals surface area contributed by atoms with Crippen LogP contribution < -0.4 is 10.6 Å². The van der Waals surface area contributed by atoms with Gasteiger partial charge in [0.25, 0.3) is 0 Å². The Hall–Kier alpha value is -1.66. The molecule has 5 nitrogen and oxygen atoms in total. The summed E-state index contributed by atoms with van der Waals surface area (Å²) < 4.78 is 5.22. The molecule has 2 heterocycles. The van der Waals surface area contributed by atoms with Gasteiger partial charge in [-0.05, 0) is 25.2 Å². The Balaban J connectivity index is 1.80. The Labute approximate surface area is 137 Å². The number of aryl methyl sites for hydroxylation is 1. The molecule has 1 aromatic heterocycles. The maximum Gasteiger partial charge on any atom is 0.319 e. The van der Waals surface area contributed by atoms with Crippen LogP contribution in [0.15, 0.2) is 28.8 Å². The first kappa shape index (κ1) is 15.2. The van der Waals surface area contributed by atoms with Crippen LogP contribution in [0.4, 0.5) is 10.5 Å². The molecule has 116 valence electrons. The van der Waals surface area contributed by atoms with E-state index in [9.17, 15) is 4.79 Å². The quantitative estimate of drug-likeness (QED) is 0.890. The average molecular weight is 338 g/mol. The number of thioether (sulfide) groups is 1. The molecule has 3 rings (SSSR count). The molecule has 0 spiro atoms. The largest absolute Gasteiger partial charge is 0.359 e. The zero-order valence-electron chi connectivity index (χ0n) is 12.1. The SMILES string of the molecule is Cc1onc(-c2ccccc2Cl)c1NC(=O)NC1CCSC1. The fourth-order valence-electron chi connectivity index (χ4n) is 2.34. The lowest BCUT2D eigenvalue weighted by molar-refractivity contribution is 0.249. The number of urea groups is 1. The van der Waals surface area contributed by atoms with Crippen molar-refractivity contribution in [3.05, 3.63) is 35.0 Å². The van der Waals surface area contributed by atoms with Gasteiger partial charge in [-0.1, -0.05) is 35.0 Å². The summed E-state index contributed by atoms with van der Waals surface area (Å²) in [7, 11) is 0. The third-order valence-electron chi connectivity index (χ3n) is 3.50. The van der Waals surface area contributed by atoms with Crippen molar-refractivity contribution in [2.45, 2.75) is 19.4 Å². The number of nitrogens with one attached hydrogen (secondary N) is 2. The molecule has 7 heteroatoms. The molecule has 1 aliphatic heterocycles. The third-order valence-corrected chi connectivity index (χ3v) is 4.99. The Bertz CT molecular complexity index is 683. The highest BCUT2D eigenvalue weighted by molar-refractivity contribution is 7.99. The number of hydrogen-bond donors (Lipinski definition) is 2. The van der Waals surface area contributed by atoms with Gasteiger partial charge in [0.15, 0.2) is 5.76 Å². The number of anilines is 1. The number of hydrogen-bond acceptors (Lipinski definition) is 4. The summed E-state index contributed by atoms with van der Waals surface area (Å²) in [4.78, 5) is 12.2. The second-order valence-electron chi connectivity index (χ2n) is 5.10. The Morgan fingerprint density at radius 3 is 3.00 bits per heavy atom. The molecule has 1 atom stereocenters. The summed E-state index contributed by atoms with van der Waals surface area (Å²) in [6.07, 6.45) is 0.998. The summed E-state index contributed by atoms with van der Waals surface area (Å²) in [5, 5.41) is 10.4. The molecule has 0 bridgehead atoms. The van der Waals surface area contributed by atoms with Crippen LogP contribution in [0, 0.1) is 6.92 Å². The fourth-order valence-corrected chi connectivity index (χ4v) is 3.72. The van der Waals surface area contributed by atoms with E-state index in [1.807, 2.05) is 30.0 Å². The molecular formula is C15H16ClN3O2S. The van der Waals surface area contributed by atoms with Gasteiger partial charge in [-0.25, -0.2) is 4.79 Å². The van der Waals surface area contributed by atoms with Crippen LogP contribution >= 0.6 is 23.4 Å². The van der Waals surface area contributed by atoms with Crippen molar-refractivity contribution < 1.29 is 9.32 Å². The molecular weight excluding hydrogens is 322 g/mol. The number of benzene rings is 1. The van der Waals surface area contributed by atoms with Crippen LogP contribution in [-0.4, -0.2) is 28.7 Å². The highest BCUT2D eigenvalue weighted by Gasteiger charge is 2.21. The maximum absolute atomic E-state index is 12.2. The minimum atomic E-state index is -0.243. The van der Waals surface area contributed by atoms with E-state index in [2.05, 4.69) is 15.8 Å². The molecule has 0 saturated carbocycles. The predicted molar refractivity (Wildman–Crippen MR) is 89.6 cm³/mol. The van der Waals surface area contributed by atoms with Crippen LogP contribution in [0.2, 0.25) is 5.02 Å². The van der Waals surface area contributed by atoms with E-state index in [1.165, 1.54) is 0 Å². The molecule has 1 aromatic carbocycles. The zero-order chi connectivity index (χ0) is 15.5. The minimum Gasteiger partial charge on any atom is -0.359 e. The third kappa shape index (κ3) is 3.23. The van der Waals surface area contributed by atoms with Crippen molar-refractivity contribution in [3.8, 4) is 11.3 Å². The smallest absolute Gasteiger partial charge is 0.319 e. The van der Waals surface area contributed by atoms with E-state index in [-0.39, 0.29) is 12.1 Å². The van der Waals surface area contributed by atoms with Gasteiger partial charge in [-0.2, -0.15) is 11.8 Å². The lowest BCUT2D eigenvalue weighted by atomic mass is 10.1. The Kier molecular flexibility index (Phi) is 4.59. The Morgan fingerprint density at radius 2 is 2.27 bits per heavy atom. The van der Waals surface area contributed by atoms with Gasteiger partial charge in [0, 0.05) is 17.4 Å². The van der Waals surface area contributed by atoms with Gasteiger partial charge in [-0.3, -0.25) is 0 Å². The molecule has 0 aliphatic carbocycles. The lowest BCUT2D eigenvalue weighted by Gasteiger charge is -2.12. The topological polar surface area (TPSA) is 67.2 Å². The second kappa shape index (κ2) is 6.62. The van der Waals surface area contributed by atoms with E-state index < -0.39 is 0 Å². The van der Waals surface area contributed by atoms with Gasteiger partial charge in [0.2, 0.25) is 0 Å². The molecule has 1 aliphatic rings. The molecule has 2 N–H and O–H groups in total. The fraction of sp³-hybridized carbons (Fsp3) is 0.333. The van der Waals surface area contributed by atoms with E-state index >= 15 is 0 Å². The summed E-state index contributed by atoms with van der Waals surface area (Å²) in [6.45, 7) is 1.76. The molecule has 0 radical (unpaired) electrons. The standard InChI is InChI=1S/C15H16ClN3O2S/c1-9-13(18-15(20)17-10-6-7-22-8-10)14(19-21-9)11-4-2-3-5-12(11)16/h2-5,10H,6-8H2,1H3,(H2,17,18,20). The number of carbonyl (C=O) groups is 1. The van der Waals surface area contributed by atoms with Crippen LogP contribution in [-0.2, 0) is 0 Å². The number of rotatable bonds is 3. The van der Waals surface area contributed by atoms with Crippen molar-refractivity contribution in [2.75, 3.05) is 16.8 Å². The molecule has 22 heavy (non-hydrogen) atoms. The van der Waals surface area contributed by atoms with Crippen molar-refractivity contribution in [1.29, 1.82) is 0 Å². The summed E-state index contributed by atoms with van der Waals surface area (Å²) in [5.41, 5.74) is 1.82. The first-order chi connectivity index (χ1) is 10.6. The first-order valence-corrected chi connectivity index (χ1v) is 8.55. The van der Waals surface area contributed by atoms with Gasteiger partial charge in [-0.15, -0.1) is 0 Å². The summed E-state index contributed by atoms with van der Waals surface area (Å²) in [5.74, 6) is 2.58. The average Bonchev–Trinajstić information content (AvgIpc) is 3.11. The molecule has 1 fully saturated rings. The van der Waals surface area contributed by atoms with Gasteiger partial charge in [0.05, 0.1) is 5.02 Å². The van der Waals surface area contributed by atoms with Gasteiger partial charge in [0.1, 0.15) is 11.4 Å². The van der Waals surface area contributed by atoms with Crippen molar-refractivity contribution >= 4 is 35.1 Å². The number of carbonyl (C=O) groups excluding carboxylic acids is 1. The van der Waals surface area contributed by atoms with Gasteiger partial charge < -0.3 is 15.2 Å². The van der Waals surface area contributed by atoms with Crippen molar-refractivity contribution in [2.24, 2.45) is 0 Å². The van der Waals surface area contributed by atoms with Crippen LogP contribution in [0.25, 0.3) is 11.3 Å². The highest BCUT2D eigenvalue weighted by atomic mass is 35.5. The van der Waals surface area contributed by atoms with E-state index in [4.69, 9.17) is 16.1 Å². The monoisotopic (exact) mass is 337 g/mol. The Morgan fingerprint density at radius 1 is 1.45 bits per heavy atom. The summed E-state index contributed by atoms with van der Waals surface area (Å²) >= 11 is 8.05. The number of halogens is 1. The highest BCUT2D eigenvalue weighted by Crippen LogP contribution is 2.34. The molecule has 1 saturated heterocycles. The van der Waals surface area contributed by atoms with Crippen LogP contribution in [0.1, 0.15) is 12.2 Å². The molecule has 2 amide bonds. The second-order valence-corrected chi connectivity index (χ2v) is 6.66. The van der Waals surface area contributed by atoms with Gasteiger partial charge >= 0.3 is 6.03 Å².